The number of carbonyl (C=O) groups is 1. The molecule has 0 aliphatic carbocycles. The van der Waals surface area contributed by atoms with Gasteiger partial charge in [0, 0.05) is 11.8 Å². The van der Waals surface area contributed by atoms with Gasteiger partial charge in [-0.2, -0.15) is 0 Å². The molecule has 0 saturated carbocycles. The van der Waals surface area contributed by atoms with Crippen LogP contribution in [0.2, 0.25) is 0 Å². The predicted molar refractivity (Wildman–Crippen MR) is 137 cm³/mol. The van der Waals surface area contributed by atoms with Gasteiger partial charge in [-0.15, -0.1) is 0 Å². The highest BCUT2D eigenvalue weighted by Gasteiger charge is 2.43. The molecule has 1 aliphatic rings. The second-order valence-corrected chi connectivity index (χ2v) is 8.59. The maximum Gasteiger partial charge on any atom is 0.335 e. The molecule has 2 atom stereocenters. The average molecular weight is 486 g/mol. The van der Waals surface area contributed by atoms with E-state index >= 15 is 0 Å². The number of furan rings is 1. The van der Waals surface area contributed by atoms with Crippen LogP contribution in [-0.2, 0) is 0 Å². The van der Waals surface area contributed by atoms with Crippen molar-refractivity contribution in [3.8, 4) is 17.1 Å². The lowest BCUT2D eigenvalue weighted by molar-refractivity contribution is 0.0696. The highest BCUT2D eigenvalue weighted by atomic mass is 32.1. The molecule has 0 amide bonds. The quantitative estimate of drug-likeness (QED) is 0.345. The molecule has 1 saturated heterocycles. The molecule has 1 aliphatic heterocycles. The van der Waals surface area contributed by atoms with Gasteiger partial charge in [-0.3, -0.25) is 4.98 Å². The molecule has 0 radical (unpaired) electrons. The fraction of sp³-hybridized carbons (Fsp3) is 0.148. The number of carboxylic acid groups (broad SMARTS) is 1. The highest BCUT2D eigenvalue weighted by Crippen LogP contribution is 2.45. The summed E-state index contributed by atoms with van der Waals surface area (Å²) in [5, 5.41) is 13.2. The van der Waals surface area contributed by atoms with Crippen molar-refractivity contribution < 1.29 is 19.1 Å². The Morgan fingerprint density at radius 2 is 1.91 bits per heavy atom. The van der Waals surface area contributed by atoms with Crippen LogP contribution < -0.4 is 15.0 Å². The maximum absolute atomic E-state index is 11.3. The second kappa shape index (κ2) is 9.23. The van der Waals surface area contributed by atoms with E-state index in [1.54, 1.807) is 31.5 Å². The van der Waals surface area contributed by atoms with Crippen molar-refractivity contribution in [2.24, 2.45) is 0 Å². The fourth-order valence-corrected chi connectivity index (χ4v) is 4.80. The molecular weight excluding hydrogens is 462 g/mol. The van der Waals surface area contributed by atoms with E-state index in [4.69, 9.17) is 21.4 Å². The van der Waals surface area contributed by atoms with Crippen LogP contribution in [0.1, 0.15) is 39.5 Å². The molecule has 4 aromatic rings. The molecule has 176 valence electrons. The maximum atomic E-state index is 11.3. The summed E-state index contributed by atoms with van der Waals surface area (Å²) in [5.41, 5.74) is 3.52. The molecule has 3 heterocycles. The number of hydrogen-bond donors (Lipinski definition) is 2. The molecule has 0 unspecified atom stereocenters. The van der Waals surface area contributed by atoms with Crippen molar-refractivity contribution in [1.82, 2.24) is 10.3 Å². The molecule has 0 bridgehead atoms. The summed E-state index contributed by atoms with van der Waals surface area (Å²) in [7, 11) is 1.63. The summed E-state index contributed by atoms with van der Waals surface area (Å²) in [6.45, 7) is 1.87. The summed E-state index contributed by atoms with van der Waals surface area (Å²) >= 11 is 5.78. The van der Waals surface area contributed by atoms with Crippen LogP contribution in [-0.4, -0.2) is 28.3 Å². The Morgan fingerprint density at radius 3 is 2.63 bits per heavy atom. The molecule has 1 fully saturated rings. The number of para-hydroxylation sites is 2. The van der Waals surface area contributed by atoms with Gasteiger partial charge in [0.05, 0.1) is 30.1 Å². The number of aryl methyl sites for hydroxylation is 1. The molecule has 2 aromatic heterocycles. The van der Waals surface area contributed by atoms with E-state index in [-0.39, 0.29) is 17.6 Å². The topological polar surface area (TPSA) is 87.8 Å². The minimum absolute atomic E-state index is 0.237. The Kier molecular flexibility index (Phi) is 5.96. The van der Waals surface area contributed by atoms with Crippen molar-refractivity contribution in [2.75, 3.05) is 12.0 Å². The van der Waals surface area contributed by atoms with E-state index < -0.39 is 5.97 Å². The predicted octanol–water partition coefficient (Wildman–Crippen LogP) is 5.53. The molecule has 2 aromatic carbocycles. The number of methoxy groups -OCH3 is 1. The zero-order chi connectivity index (χ0) is 24.5. The Bertz CT molecular complexity index is 1400. The summed E-state index contributed by atoms with van der Waals surface area (Å²) in [5.74, 6) is 1.06. The molecule has 7 nitrogen and oxygen atoms in total. The molecule has 2 N–H and O–H groups in total. The minimum Gasteiger partial charge on any atom is -0.495 e. The van der Waals surface area contributed by atoms with Crippen LogP contribution in [0.5, 0.6) is 5.75 Å². The normalized spacial score (nSPS) is 17.3. The lowest BCUT2D eigenvalue weighted by atomic mass is 10.0. The molecular formula is C27H23N3O4S. The van der Waals surface area contributed by atoms with E-state index in [1.165, 1.54) is 0 Å². The van der Waals surface area contributed by atoms with Crippen LogP contribution in [0.4, 0.5) is 5.69 Å². The van der Waals surface area contributed by atoms with Gasteiger partial charge in [-0.1, -0.05) is 24.3 Å². The highest BCUT2D eigenvalue weighted by molar-refractivity contribution is 7.80. The molecule has 0 spiro atoms. The van der Waals surface area contributed by atoms with Crippen LogP contribution in [0.3, 0.4) is 0 Å². The Hall–Kier alpha value is -4.17. The summed E-state index contributed by atoms with van der Waals surface area (Å²) in [6.07, 6.45) is 1.75. The Morgan fingerprint density at radius 1 is 1.11 bits per heavy atom. The number of nitrogens with zero attached hydrogens (tertiary/aromatic N) is 2. The summed E-state index contributed by atoms with van der Waals surface area (Å²) in [4.78, 5) is 17.9. The van der Waals surface area contributed by atoms with Crippen molar-refractivity contribution in [2.45, 2.75) is 19.0 Å². The largest absolute Gasteiger partial charge is 0.495 e. The van der Waals surface area contributed by atoms with Crippen molar-refractivity contribution in [1.29, 1.82) is 0 Å². The Labute approximate surface area is 208 Å². The number of pyridine rings is 1. The summed E-state index contributed by atoms with van der Waals surface area (Å²) < 4.78 is 12.0. The third-order valence-corrected chi connectivity index (χ3v) is 6.41. The third-order valence-electron chi connectivity index (χ3n) is 6.10. The standard InChI is InChI=1S/C27H23N3O4S/c1-16-15-17(26(31)32)10-11-18(16)21-12-13-23(34-21)25-24(19-7-5-6-14-28-19)29-27(35)30(25)20-8-3-4-9-22(20)33-2/h3-15,24-25H,1-2H3,(H,29,35)(H,31,32)/t24-,25-/m0/s1. The number of anilines is 1. The zero-order valence-corrected chi connectivity index (χ0v) is 20.0. The van der Waals surface area contributed by atoms with E-state index in [2.05, 4.69) is 10.3 Å². The van der Waals surface area contributed by atoms with Crippen molar-refractivity contribution >= 4 is 29.0 Å². The fourth-order valence-electron chi connectivity index (χ4n) is 4.46. The number of benzene rings is 2. The lowest BCUT2D eigenvalue weighted by Gasteiger charge is -2.27. The number of aromatic nitrogens is 1. The first kappa shape index (κ1) is 22.6. The third kappa shape index (κ3) is 4.13. The summed E-state index contributed by atoms with van der Waals surface area (Å²) in [6, 6.07) is 21.7. The minimum atomic E-state index is -0.962. The monoisotopic (exact) mass is 485 g/mol. The van der Waals surface area contributed by atoms with Crippen LogP contribution in [0.25, 0.3) is 11.3 Å². The van der Waals surface area contributed by atoms with Gasteiger partial charge >= 0.3 is 5.97 Å². The van der Waals surface area contributed by atoms with E-state index in [0.717, 1.165) is 22.5 Å². The van der Waals surface area contributed by atoms with Gasteiger partial charge in [0.25, 0.3) is 0 Å². The first-order valence-electron chi connectivity index (χ1n) is 11.1. The van der Waals surface area contributed by atoms with Crippen LogP contribution in [0.15, 0.2) is 83.4 Å². The Balaban J connectivity index is 1.61. The lowest BCUT2D eigenvalue weighted by Crippen LogP contribution is -2.29. The van der Waals surface area contributed by atoms with Crippen molar-refractivity contribution in [3.63, 3.8) is 0 Å². The first-order valence-corrected chi connectivity index (χ1v) is 11.5. The van der Waals surface area contributed by atoms with Crippen molar-refractivity contribution in [3.05, 3.63) is 102 Å². The van der Waals surface area contributed by atoms with Crippen LogP contribution in [0, 0.1) is 6.92 Å². The average Bonchev–Trinajstić information content (AvgIpc) is 3.48. The van der Waals surface area contributed by atoms with Gasteiger partial charge in [-0.05, 0) is 73.2 Å². The molecule has 35 heavy (non-hydrogen) atoms. The van der Waals surface area contributed by atoms with Gasteiger partial charge in [0.1, 0.15) is 23.3 Å². The number of carboxylic acids is 1. The number of hydrogen-bond acceptors (Lipinski definition) is 5. The smallest absolute Gasteiger partial charge is 0.335 e. The molecule has 8 heteroatoms. The van der Waals surface area contributed by atoms with Gasteiger partial charge in [-0.25, -0.2) is 4.79 Å². The zero-order valence-electron chi connectivity index (χ0n) is 19.1. The van der Waals surface area contributed by atoms with Crippen LogP contribution >= 0.6 is 12.2 Å². The van der Waals surface area contributed by atoms with Gasteiger partial charge in [0.15, 0.2) is 5.11 Å². The van der Waals surface area contributed by atoms with E-state index in [0.29, 0.717) is 22.4 Å². The number of nitrogens with one attached hydrogen (secondary N) is 1. The number of aromatic carboxylic acids is 1. The number of rotatable bonds is 6. The second-order valence-electron chi connectivity index (χ2n) is 8.21. The van der Waals surface area contributed by atoms with Gasteiger partial charge < -0.3 is 24.5 Å². The first-order chi connectivity index (χ1) is 17.0. The van der Waals surface area contributed by atoms with E-state index in [1.807, 2.05) is 66.4 Å². The van der Waals surface area contributed by atoms with Gasteiger partial charge in [0.2, 0.25) is 0 Å². The molecule has 5 rings (SSSR count). The number of thiocarbonyl (C=S) groups is 1. The SMILES string of the molecule is COc1ccccc1N1C(=S)N[C@@H](c2ccccn2)[C@@H]1c1ccc(-c2ccc(C(=O)O)cc2C)o1. The number of ether oxygens (including phenoxy) is 1. The van der Waals surface area contributed by atoms with E-state index in [9.17, 15) is 9.90 Å².